The topological polar surface area (TPSA) is 85.7 Å². The Hall–Kier alpha value is -3.37. The van der Waals surface area contributed by atoms with E-state index in [1.807, 2.05) is 24.3 Å². The molecule has 7 heteroatoms. The van der Waals surface area contributed by atoms with Gasteiger partial charge < -0.3 is 19.9 Å². The summed E-state index contributed by atoms with van der Waals surface area (Å²) in [6.07, 6.45) is 0.518. The Morgan fingerprint density at radius 1 is 1.06 bits per heavy atom. The molecule has 2 aromatic carbocycles. The fourth-order valence-corrected chi connectivity index (χ4v) is 4.26. The first-order valence-corrected chi connectivity index (χ1v) is 10.5. The third-order valence-electron chi connectivity index (χ3n) is 5.70. The number of amides is 2. The number of morpholine rings is 1. The van der Waals surface area contributed by atoms with Crippen LogP contribution in [-0.4, -0.2) is 43.7 Å². The van der Waals surface area contributed by atoms with Gasteiger partial charge in [0.05, 0.1) is 29.8 Å². The standard InChI is InChI=1S/C24H26N4O3/c1-16-13-27(14-17(2)31-16)21-8-6-20(7-9-21)26-24(30)19-11-23(29)28(15-19)22-5-3-4-18(10-22)12-25/h3-10,16-17,19H,11,13-15H2,1-2H3,(H,26,30)/t16-,17+,19?. The SMILES string of the molecule is C[C@@H]1CN(c2ccc(NC(=O)C3CC(=O)N(c4cccc(C#N)c4)C3)cc2)C[C@H](C)O1. The first-order chi connectivity index (χ1) is 14.9. The van der Waals surface area contributed by atoms with Crippen molar-refractivity contribution in [2.75, 3.05) is 34.8 Å². The van der Waals surface area contributed by atoms with Crippen molar-refractivity contribution in [2.45, 2.75) is 32.5 Å². The normalized spacial score (nSPS) is 23.5. The molecule has 2 aliphatic rings. The van der Waals surface area contributed by atoms with Gasteiger partial charge in [0.2, 0.25) is 11.8 Å². The smallest absolute Gasteiger partial charge is 0.229 e. The molecule has 2 heterocycles. The molecule has 1 unspecified atom stereocenters. The Morgan fingerprint density at radius 2 is 1.77 bits per heavy atom. The minimum atomic E-state index is -0.432. The summed E-state index contributed by atoms with van der Waals surface area (Å²) in [5, 5.41) is 12.0. The van der Waals surface area contributed by atoms with Gasteiger partial charge in [-0.25, -0.2) is 0 Å². The van der Waals surface area contributed by atoms with Gasteiger partial charge >= 0.3 is 0 Å². The summed E-state index contributed by atoms with van der Waals surface area (Å²) in [6, 6.07) is 16.7. The largest absolute Gasteiger partial charge is 0.372 e. The second kappa shape index (κ2) is 8.78. The number of rotatable bonds is 4. The summed E-state index contributed by atoms with van der Waals surface area (Å²) < 4.78 is 5.79. The number of nitrogens with zero attached hydrogens (tertiary/aromatic N) is 3. The lowest BCUT2D eigenvalue weighted by atomic mass is 10.1. The Labute approximate surface area is 182 Å². The van der Waals surface area contributed by atoms with E-state index in [0.29, 0.717) is 23.5 Å². The summed E-state index contributed by atoms with van der Waals surface area (Å²) in [5.41, 5.74) is 2.94. The predicted molar refractivity (Wildman–Crippen MR) is 119 cm³/mol. The fourth-order valence-electron chi connectivity index (χ4n) is 4.26. The maximum absolute atomic E-state index is 12.8. The minimum absolute atomic E-state index is 0.110. The molecule has 1 N–H and O–H groups in total. The number of ether oxygens (including phenoxy) is 1. The number of nitriles is 1. The van der Waals surface area contributed by atoms with Crippen LogP contribution in [-0.2, 0) is 14.3 Å². The molecule has 4 rings (SSSR count). The van der Waals surface area contributed by atoms with Crippen LogP contribution >= 0.6 is 0 Å². The number of anilines is 3. The molecule has 0 aromatic heterocycles. The van der Waals surface area contributed by atoms with Gasteiger partial charge in [0.25, 0.3) is 0 Å². The summed E-state index contributed by atoms with van der Waals surface area (Å²) in [4.78, 5) is 29.1. The summed E-state index contributed by atoms with van der Waals surface area (Å²) in [6.45, 7) is 6.12. The van der Waals surface area contributed by atoms with Gasteiger partial charge in [0.1, 0.15) is 0 Å². The van der Waals surface area contributed by atoms with Crippen molar-refractivity contribution >= 4 is 28.9 Å². The number of benzene rings is 2. The maximum Gasteiger partial charge on any atom is 0.229 e. The van der Waals surface area contributed by atoms with Crippen molar-refractivity contribution < 1.29 is 14.3 Å². The van der Waals surface area contributed by atoms with Crippen LogP contribution in [0.2, 0.25) is 0 Å². The van der Waals surface area contributed by atoms with Crippen molar-refractivity contribution in [3.63, 3.8) is 0 Å². The molecule has 2 amide bonds. The molecule has 2 aliphatic heterocycles. The molecule has 3 atom stereocenters. The number of hydrogen-bond donors (Lipinski definition) is 1. The number of carbonyl (C=O) groups is 2. The van der Waals surface area contributed by atoms with E-state index in [-0.39, 0.29) is 30.4 Å². The lowest BCUT2D eigenvalue weighted by Crippen LogP contribution is -2.45. The van der Waals surface area contributed by atoms with Crippen LogP contribution in [0.1, 0.15) is 25.8 Å². The Balaban J connectivity index is 1.38. The molecule has 0 bridgehead atoms. The lowest BCUT2D eigenvalue weighted by Gasteiger charge is -2.36. The molecule has 31 heavy (non-hydrogen) atoms. The number of carbonyl (C=O) groups excluding carboxylic acids is 2. The maximum atomic E-state index is 12.8. The summed E-state index contributed by atoms with van der Waals surface area (Å²) in [7, 11) is 0. The second-order valence-electron chi connectivity index (χ2n) is 8.27. The Kier molecular flexibility index (Phi) is 5.92. The molecule has 160 valence electrons. The molecule has 2 saturated heterocycles. The molecular formula is C24H26N4O3. The fraction of sp³-hybridized carbons (Fsp3) is 0.375. The van der Waals surface area contributed by atoms with Gasteiger partial charge in [0.15, 0.2) is 0 Å². The zero-order valence-corrected chi connectivity index (χ0v) is 17.7. The quantitative estimate of drug-likeness (QED) is 0.824. The first kappa shape index (κ1) is 20.9. The van der Waals surface area contributed by atoms with Gasteiger partial charge in [-0.1, -0.05) is 6.07 Å². The molecule has 0 spiro atoms. The molecule has 0 saturated carbocycles. The van der Waals surface area contributed by atoms with Gasteiger partial charge in [-0.05, 0) is 56.3 Å². The molecule has 0 aliphatic carbocycles. The third-order valence-corrected chi connectivity index (χ3v) is 5.70. The van der Waals surface area contributed by atoms with Gasteiger partial charge in [0, 0.05) is 43.1 Å². The van der Waals surface area contributed by atoms with Crippen LogP contribution < -0.4 is 15.1 Å². The predicted octanol–water partition coefficient (Wildman–Crippen LogP) is 3.16. The zero-order valence-electron chi connectivity index (χ0n) is 17.7. The van der Waals surface area contributed by atoms with Crippen LogP contribution in [0.4, 0.5) is 17.1 Å². The molecule has 7 nitrogen and oxygen atoms in total. The Morgan fingerprint density at radius 3 is 2.45 bits per heavy atom. The number of nitrogens with one attached hydrogen (secondary N) is 1. The van der Waals surface area contributed by atoms with E-state index in [4.69, 9.17) is 10.00 Å². The first-order valence-electron chi connectivity index (χ1n) is 10.5. The van der Waals surface area contributed by atoms with E-state index in [1.54, 1.807) is 29.2 Å². The lowest BCUT2D eigenvalue weighted by molar-refractivity contribution is -0.122. The average molecular weight is 418 g/mol. The van der Waals surface area contributed by atoms with Crippen molar-refractivity contribution in [3.8, 4) is 6.07 Å². The van der Waals surface area contributed by atoms with E-state index >= 15 is 0 Å². The highest BCUT2D eigenvalue weighted by Gasteiger charge is 2.35. The highest BCUT2D eigenvalue weighted by Crippen LogP contribution is 2.27. The highest BCUT2D eigenvalue weighted by atomic mass is 16.5. The van der Waals surface area contributed by atoms with Gasteiger partial charge in [-0.3, -0.25) is 9.59 Å². The molecule has 2 aromatic rings. The van der Waals surface area contributed by atoms with Crippen LogP contribution in [0.3, 0.4) is 0 Å². The van der Waals surface area contributed by atoms with E-state index in [1.165, 1.54) is 0 Å². The van der Waals surface area contributed by atoms with Gasteiger partial charge in [-0.15, -0.1) is 0 Å². The van der Waals surface area contributed by atoms with E-state index in [0.717, 1.165) is 18.8 Å². The molecule has 2 fully saturated rings. The van der Waals surface area contributed by atoms with Crippen molar-refractivity contribution in [1.29, 1.82) is 5.26 Å². The van der Waals surface area contributed by atoms with Crippen molar-refractivity contribution in [2.24, 2.45) is 5.92 Å². The van der Waals surface area contributed by atoms with Gasteiger partial charge in [-0.2, -0.15) is 5.26 Å². The minimum Gasteiger partial charge on any atom is -0.372 e. The van der Waals surface area contributed by atoms with E-state index < -0.39 is 5.92 Å². The second-order valence-corrected chi connectivity index (χ2v) is 8.27. The van der Waals surface area contributed by atoms with E-state index in [2.05, 4.69) is 30.1 Å². The average Bonchev–Trinajstić information content (AvgIpc) is 3.15. The van der Waals surface area contributed by atoms with Crippen molar-refractivity contribution in [1.82, 2.24) is 0 Å². The van der Waals surface area contributed by atoms with E-state index in [9.17, 15) is 9.59 Å². The van der Waals surface area contributed by atoms with Crippen LogP contribution in [0.5, 0.6) is 0 Å². The zero-order chi connectivity index (χ0) is 22.0. The molecule has 0 radical (unpaired) electrons. The monoisotopic (exact) mass is 418 g/mol. The van der Waals surface area contributed by atoms with Crippen molar-refractivity contribution in [3.05, 3.63) is 54.1 Å². The highest BCUT2D eigenvalue weighted by molar-refractivity contribution is 6.03. The third kappa shape index (κ3) is 4.70. The molecular weight excluding hydrogens is 392 g/mol. The van der Waals surface area contributed by atoms with Crippen LogP contribution in [0.15, 0.2) is 48.5 Å². The number of hydrogen-bond acceptors (Lipinski definition) is 5. The van der Waals surface area contributed by atoms with Crippen LogP contribution in [0.25, 0.3) is 0 Å². The summed E-state index contributed by atoms with van der Waals surface area (Å²) >= 11 is 0. The summed E-state index contributed by atoms with van der Waals surface area (Å²) in [5.74, 6) is -0.714. The Bertz CT molecular complexity index is 1000. The van der Waals surface area contributed by atoms with Crippen LogP contribution in [0, 0.1) is 17.2 Å².